The number of benzene rings is 1. The van der Waals surface area contributed by atoms with Crippen LogP contribution in [0.5, 0.6) is 0 Å². The zero-order chi connectivity index (χ0) is 13.0. The summed E-state index contributed by atoms with van der Waals surface area (Å²) in [6.45, 7) is 4.16. The number of hydrogen-bond donors (Lipinski definition) is 0. The van der Waals surface area contributed by atoms with Crippen molar-refractivity contribution >= 4 is 5.91 Å². The maximum Gasteiger partial charge on any atom is 0.229 e. The third kappa shape index (κ3) is 2.56. The van der Waals surface area contributed by atoms with Crippen LogP contribution in [0.4, 0.5) is 0 Å². The highest BCUT2D eigenvalue weighted by atomic mass is 16.1. The van der Waals surface area contributed by atoms with Gasteiger partial charge in [0.1, 0.15) is 5.49 Å². The number of nitrogens with zero attached hydrogens (tertiary/aromatic N) is 2. The topological polar surface area (TPSA) is 34.4 Å². The molecule has 0 saturated heterocycles. The van der Waals surface area contributed by atoms with E-state index in [1.807, 2.05) is 55.6 Å². The van der Waals surface area contributed by atoms with Crippen molar-refractivity contribution in [1.82, 2.24) is 4.57 Å². The summed E-state index contributed by atoms with van der Waals surface area (Å²) in [6, 6.07) is 13.9. The predicted octanol–water partition coefficient (Wildman–Crippen LogP) is 2.74. The number of hydrogen-bond acceptors (Lipinski definition) is 2. The molecular weight excluding hydrogens is 224 g/mol. The molecule has 1 aromatic heterocycles. The quantitative estimate of drug-likeness (QED) is 0.794. The minimum Gasteiger partial charge on any atom is -0.274 e. The molecule has 0 atom stereocenters. The van der Waals surface area contributed by atoms with E-state index >= 15 is 0 Å². The zero-order valence-electron chi connectivity index (χ0n) is 10.6. The summed E-state index contributed by atoms with van der Waals surface area (Å²) in [5, 5.41) is 0. The van der Waals surface area contributed by atoms with Crippen molar-refractivity contribution in [3.8, 4) is 11.1 Å². The van der Waals surface area contributed by atoms with Crippen LogP contribution >= 0.6 is 0 Å². The van der Waals surface area contributed by atoms with Gasteiger partial charge in [0.05, 0.1) is 0 Å². The number of carbonyl (C=O) groups is 1. The van der Waals surface area contributed by atoms with E-state index in [2.05, 4.69) is 4.99 Å². The Hall–Kier alpha value is -2.16. The van der Waals surface area contributed by atoms with Gasteiger partial charge >= 0.3 is 0 Å². The molecule has 1 heterocycles. The van der Waals surface area contributed by atoms with Gasteiger partial charge in [-0.05, 0) is 30.2 Å². The summed E-state index contributed by atoms with van der Waals surface area (Å²) in [5.41, 5.74) is 2.81. The molecule has 0 saturated carbocycles. The first-order chi connectivity index (χ1) is 8.72. The van der Waals surface area contributed by atoms with Crippen LogP contribution < -0.4 is 5.49 Å². The van der Waals surface area contributed by atoms with Gasteiger partial charge in [-0.3, -0.25) is 14.4 Å². The van der Waals surface area contributed by atoms with Crippen molar-refractivity contribution in [2.45, 2.75) is 13.8 Å². The number of aromatic nitrogens is 1. The molecule has 0 N–H and O–H groups in total. The van der Waals surface area contributed by atoms with Crippen molar-refractivity contribution in [3.05, 3.63) is 54.1 Å². The van der Waals surface area contributed by atoms with Gasteiger partial charge in [-0.1, -0.05) is 30.3 Å². The van der Waals surface area contributed by atoms with E-state index in [4.69, 9.17) is 0 Å². The lowest BCUT2D eigenvalue weighted by Gasteiger charge is -2.07. The highest BCUT2D eigenvalue weighted by Crippen LogP contribution is 2.16. The summed E-state index contributed by atoms with van der Waals surface area (Å²) < 4.78 is 1.59. The third-order valence-corrected chi connectivity index (χ3v) is 2.69. The molecule has 0 amide bonds. The Bertz CT molecular complexity index is 612. The molecule has 0 aliphatic carbocycles. The fraction of sp³-hybridized carbons (Fsp3) is 0.200. The average Bonchev–Trinajstić information content (AvgIpc) is 2.40. The number of rotatable bonds is 2. The van der Waals surface area contributed by atoms with Crippen LogP contribution in [0.15, 0.2) is 53.7 Å². The second kappa shape index (κ2) is 5.45. The average molecular weight is 240 g/mol. The molecule has 0 spiro atoms. The molecule has 0 aliphatic rings. The lowest BCUT2D eigenvalue weighted by Crippen LogP contribution is -2.25. The van der Waals surface area contributed by atoms with E-state index in [0.717, 1.165) is 11.1 Å². The van der Waals surface area contributed by atoms with Crippen LogP contribution in [-0.2, 0) is 0 Å². The molecule has 0 radical (unpaired) electrons. The van der Waals surface area contributed by atoms with Gasteiger partial charge in [0.25, 0.3) is 0 Å². The summed E-state index contributed by atoms with van der Waals surface area (Å²) in [4.78, 5) is 15.9. The molecular formula is C15H16N2O. The maximum absolute atomic E-state index is 11.6. The van der Waals surface area contributed by atoms with Crippen LogP contribution in [0.25, 0.3) is 11.1 Å². The second-order valence-electron chi connectivity index (χ2n) is 4.01. The Morgan fingerprint density at radius 2 is 1.83 bits per heavy atom. The molecule has 92 valence electrons. The SMILES string of the molecule is CCN=c1ccc(-c2ccccc2)cn1C(C)=O. The first-order valence-corrected chi connectivity index (χ1v) is 6.02. The van der Waals surface area contributed by atoms with Gasteiger partial charge in [-0.15, -0.1) is 0 Å². The van der Waals surface area contributed by atoms with Gasteiger partial charge in [0.2, 0.25) is 5.91 Å². The monoisotopic (exact) mass is 240 g/mol. The Kier molecular flexibility index (Phi) is 3.72. The van der Waals surface area contributed by atoms with Gasteiger partial charge in [0.15, 0.2) is 0 Å². The summed E-state index contributed by atoms with van der Waals surface area (Å²) in [7, 11) is 0. The lowest BCUT2D eigenvalue weighted by molar-refractivity contribution is 0.0931. The Labute approximate surface area is 106 Å². The second-order valence-corrected chi connectivity index (χ2v) is 4.01. The molecule has 18 heavy (non-hydrogen) atoms. The van der Waals surface area contributed by atoms with Gasteiger partial charge in [-0.25, -0.2) is 0 Å². The molecule has 0 unspecified atom stereocenters. The highest BCUT2D eigenvalue weighted by molar-refractivity contribution is 5.77. The molecule has 0 aliphatic heterocycles. The Morgan fingerprint density at radius 3 is 2.44 bits per heavy atom. The number of pyridine rings is 1. The molecule has 2 aromatic rings. The zero-order valence-corrected chi connectivity index (χ0v) is 10.6. The molecule has 1 aromatic carbocycles. The van der Waals surface area contributed by atoms with Crippen LogP contribution in [0.2, 0.25) is 0 Å². The Morgan fingerprint density at radius 1 is 1.11 bits per heavy atom. The van der Waals surface area contributed by atoms with Crippen molar-refractivity contribution in [3.63, 3.8) is 0 Å². The number of carbonyl (C=O) groups excluding carboxylic acids is 1. The molecule has 0 fully saturated rings. The van der Waals surface area contributed by atoms with E-state index in [9.17, 15) is 4.79 Å². The summed E-state index contributed by atoms with van der Waals surface area (Å²) >= 11 is 0. The fourth-order valence-electron chi connectivity index (χ4n) is 1.84. The van der Waals surface area contributed by atoms with Crippen LogP contribution in [0.1, 0.15) is 18.6 Å². The summed E-state index contributed by atoms with van der Waals surface area (Å²) in [5.74, 6) is -0.0278. The normalized spacial score (nSPS) is 11.6. The van der Waals surface area contributed by atoms with Gasteiger partial charge < -0.3 is 0 Å². The molecule has 3 heteroatoms. The lowest BCUT2D eigenvalue weighted by atomic mass is 10.1. The van der Waals surface area contributed by atoms with E-state index in [1.165, 1.54) is 0 Å². The Balaban J connectivity index is 2.57. The van der Waals surface area contributed by atoms with E-state index in [-0.39, 0.29) is 5.91 Å². The largest absolute Gasteiger partial charge is 0.274 e. The van der Waals surface area contributed by atoms with Gasteiger partial charge in [-0.2, -0.15) is 0 Å². The summed E-state index contributed by atoms with van der Waals surface area (Å²) in [6.07, 6.45) is 1.84. The third-order valence-electron chi connectivity index (χ3n) is 2.69. The van der Waals surface area contributed by atoms with Crippen molar-refractivity contribution in [1.29, 1.82) is 0 Å². The van der Waals surface area contributed by atoms with E-state index in [1.54, 1.807) is 11.5 Å². The fourth-order valence-corrected chi connectivity index (χ4v) is 1.84. The molecule has 3 nitrogen and oxygen atoms in total. The highest BCUT2D eigenvalue weighted by Gasteiger charge is 2.02. The van der Waals surface area contributed by atoms with Gasteiger partial charge in [0, 0.05) is 19.7 Å². The minimum absolute atomic E-state index is 0.0278. The standard InChI is InChI=1S/C15H16N2O/c1-3-16-15-10-9-14(11-17(15)12(2)18)13-7-5-4-6-8-13/h4-11H,3H2,1-2H3. The van der Waals surface area contributed by atoms with Crippen molar-refractivity contribution in [2.75, 3.05) is 6.54 Å². The van der Waals surface area contributed by atoms with Crippen LogP contribution in [0.3, 0.4) is 0 Å². The van der Waals surface area contributed by atoms with E-state index in [0.29, 0.717) is 12.0 Å². The van der Waals surface area contributed by atoms with Crippen LogP contribution in [-0.4, -0.2) is 17.0 Å². The van der Waals surface area contributed by atoms with E-state index < -0.39 is 0 Å². The minimum atomic E-state index is -0.0278. The van der Waals surface area contributed by atoms with Crippen LogP contribution in [0, 0.1) is 0 Å². The maximum atomic E-state index is 11.6. The predicted molar refractivity (Wildman–Crippen MR) is 72.3 cm³/mol. The van der Waals surface area contributed by atoms with Crippen molar-refractivity contribution < 1.29 is 4.79 Å². The first-order valence-electron chi connectivity index (χ1n) is 6.02. The molecule has 0 bridgehead atoms. The smallest absolute Gasteiger partial charge is 0.229 e. The van der Waals surface area contributed by atoms with Crippen molar-refractivity contribution in [2.24, 2.45) is 4.99 Å². The molecule has 2 rings (SSSR count). The first kappa shape index (κ1) is 12.3.